The minimum atomic E-state index is -0.943. The summed E-state index contributed by atoms with van der Waals surface area (Å²) >= 11 is 0. The summed E-state index contributed by atoms with van der Waals surface area (Å²) in [7, 11) is 3.52. The van der Waals surface area contributed by atoms with Gasteiger partial charge in [-0.3, -0.25) is 5.01 Å². The van der Waals surface area contributed by atoms with E-state index in [-0.39, 0.29) is 35.1 Å². The predicted octanol–water partition coefficient (Wildman–Crippen LogP) is -1.05. The largest absolute Gasteiger partial charge is 1.00 e. The number of rotatable bonds is 3. The molecule has 0 aliphatic heterocycles. The van der Waals surface area contributed by atoms with Gasteiger partial charge in [0.2, 0.25) is 0 Å². The molecule has 5 nitrogen and oxygen atoms in total. The molecule has 1 aromatic carbocycles. The van der Waals surface area contributed by atoms with E-state index in [9.17, 15) is 4.79 Å². The second-order valence-electron chi connectivity index (χ2n) is 2.89. The molecule has 0 saturated heterocycles. The van der Waals surface area contributed by atoms with Crippen molar-refractivity contribution in [1.82, 2.24) is 5.01 Å². The molecular formula is C9H11N3NaO2+. The Labute approximate surface area is 110 Å². The van der Waals surface area contributed by atoms with Crippen LogP contribution in [-0.4, -0.2) is 30.2 Å². The number of hydrogen-bond donors (Lipinski definition) is 1. The zero-order valence-electron chi connectivity index (χ0n) is 9.01. The first kappa shape index (κ1) is 14.1. The number of carbonyl (C=O) groups is 1. The average molecular weight is 216 g/mol. The van der Waals surface area contributed by atoms with E-state index >= 15 is 0 Å². The van der Waals surface area contributed by atoms with E-state index in [1.165, 1.54) is 12.1 Å². The van der Waals surface area contributed by atoms with Gasteiger partial charge in [0, 0.05) is 14.1 Å². The number of carboxylic acid groups (broad SMARTS) is 1. The number of nitrogens with zero attached hydrogens (tertiary/aromatic N) is 3. The normalized spacial score (nSPS) is 9.73. The van der Waals surface area contributed by atoms with Crippen LogP contribution in [0.25, 0.3) is 0 Å². The predicted molar refractivity (Wildman–Crippen MR) is 51.6 cm³/mol. The van der Waals surface area contributed by atoms with Gasteiger partial charge in [0.05, 0.1) is 11.3 Å². The fraction of sp³-hybridized carbons (Fsp3) is 0.222. The van der Waals surface area contributed by atoms with Crippen molar-refractivity contribution < 1.29 is 39.5 Å². The van der Waals surface area contributed by atoms with Crippen molar-refractivity contribution in [2.75, 3.05) is 14.1 Å². The zero-order valence-corrected chi connectivity index (χ0v) is 11.0. The first-order chi connectivity index (χ1) is 6.59. The first-order valence-electron chi connectivity index (χ1n) is 4.02. The SMILES string of the molecule is CN(C)N=Nc1ccc(C(=O)O)cc1.[Na+]. The van der Waals surface area contributed by atoms with Crippen LogP contribution >= 0.6 is 0 Å². The van der Waals surface area contributed by atoms with Gasteiger partial charge < -0.3 is 5.11 Å². The fourth-order valence-electron chi connectivity index (χ4n) is 0.812. The van der Waals surface area contributed by atoms with E-state index in [1.807, 2.05) is 0 Å². The molecule has 6 heteroatoms. The number of carboxylic acids is 1. The van der Waals surface area contributed by atoms with Crippen LogP contribution in [0.5, 0.6) is 0 Å². The van der Waals surface area contributed by atoms with Gasteiger partial charge in [-0.1, -0.05) is 5.22 Å². The summed E-state index contributed by atoms with van der Waals surface area (Å²) in [4.78, 5) is 10.5. The van der Waals surface area contributed by atoms with Gasteiger partial charge >= 0.3 is 35.5 Å². The minimum absolute atomic E-state index is 0. The van der Waals surface area contributed by atoms with E-state index in [1.54, 1.807) is 31.2 Å². The van der Waals surface area contributed by atoms with Gasteiger partial charge in [-0.25, -0.2) is 4.79 Å². The molecule has 0 aliphatic carbocycles. The van der Waals surface area contributed by atoms with Crippen molar-refractivity contribution in [3.8, 4) is 0 Å². The molecule has 1 N–H and O–H groups in total. The van der Waals surface area contributed by atoms with Crippen LogP contribution in [0.1, 0.15) is 10.4 Å². The van der Waals surface area contributed by atoms with Crippen LogP contribution in [0.2, 0.25) is 0 Å². The van der Waals surface area contributed by atoms with Crippen LogP contribution < -0.4 is 29.6 Å². The molecule has 1 aromatic rings. The maximum absolute atomic E-state index is 10.5. The summed E-state index contributed by atoms with van der Waals surface area (Å²) in [5, 5.41) is 17.8. The van der Waals surface area contributed by atoms with Crippen molar-refractivity contribution in [2.45, 2.75) is 0 Å². The molecule has 0 bridgehead atoms. The molecule has 0 aliphatic rings. The molecular weight excluding hydrogens is 205 g/mol. The Kier molecular flexibility index (Phi) is 6.15. The molecule has 0 amide bonds. The van der Waals surface area contributed by atoms with Gasteiger partial charge in [-0.2, -0.15) is 0 Å². The Bertz CT molecular complexity index is 349. The van der Waals surface area contributed by atoms with Crippen molar-refractivity contribution in [3.63, 3.8) is 0 Å². The third-order valence-electron chi connectivity index (χ3n) is 1.45. The maximum atomic E-state index is 10.5. The van der Waals surface area contributed by atoms with E-state index in [0.29, 0.717) is 5.69 Å². The zero-order chi connectivity index (χ0) is 10.6. The van der Waals surface area contributed by atoms with Gasteiger partial charge in [-0.05, 0) is 24.3 Å². The summed E-state index contributed by atoms with van der Waals surface area (Å²) < 4.78 is 0. The summed E-state index contributed by atoms with van der Waals surface area (Å²) in [5.74, 6) is -0.943. The van der Waals surface area contributed by atoms with Gasteiger partial charge in [0.1, 0.15) is 0 Å². The van der Waals surface area contributed by atoms with E-state index in [0.717, 1.165) is 0 Å². The Hall–Kier alpha value is -0.910. The number of benzene rings is 1. The van der Waals surface area contributed by atoms with E-state index < -0.39 is 5.97 Å². The molecule has 0 atom stereocenters. The third kappa shape index (κ3) is 4.92. The topological polar surface area (TPSA) is 65.3 Å². The molecule has 0 spiro atoms. The van der Waals surface area contributed by atoms with E-state index in [4.69, 9.17) is 5.11 Å². The number of hydrogen-bond acceptors (Lipinski definition) is 3. The molecule has 74 valence electrons. The Morgan fingerprint density at radius 1 is 1.27 bits per heavy atom. The first-order valence-corrected chi connectivity index (χ1v) is 4.02. The van der Waals surface area contributed by atoms with Crippen LogP contribution in [0.3, 0.4) is 0 Å². The van der Waals surface area contributed by atoms with E-state index in [2.05, 4.69) is 10.3 Å². The average Bonchev–Trinajstić information content (AvgIpc) is 2.15. The van der Waals surface area contributed by atoms with Crippen LogP contribution in [0, 0.1) is 0 Å². The monoisotopic (exact) mass is 216 g/mol. The standard InChI is InChI=1S/C9H11N3O2.Na/c1-12(2)11-10-8-5-3-7(4-6-8)9(13)14;/h3-6H,1-2H3,(H,13,14);/q;+1. The molecule has 0 heterocycles. The van der Waals surface area contributed by atoms with Crippen LogP contribution in [-0.2, 0) is 0 Å². The second kappa shape index (κ2) is 6.55. The Balaban J connectivity index is 0.00000196. The molecule has 0 saturated carbocycles. The summed E-state index contributed by atoms with van der Waals surface area (Å²) in [6, 6.07) is 6.20. The Morgan fingerprint density at radius 3 is 2.20 bits per heavy atom. The van der Waals surface area contributed by atoms with Gasteiger partial charge in [0.25, 0.3) is 0 Å². The van der Waals surface area contributed by atoms with Gasteiger partial charge in [-0.15, -0.1) is 5.11 Å². The summed E-state index contributed by atoms with van der Waals surface area (Å²) in [5.41, 5.74) is 0.873. The maximum Gasteiger partial charge on any atom is 1.00 e. The third-order valence-corrected chi connectivity index (χ3v) is 1.45. The van der Waals surface area contributed by atoms with Crippen molar-refractivity contribution in [2.24, 2.45) is 10.3 Å². The molecule has 0 unspecified atom stereocenters. The Morgan fingerprint density at radius 2 is 1.80 bits per heavy atom. The van der Waals surface area contributed by atoms with Crippen molar-refractivity contribution in [1.29, 1.82) is 0 Å². The van der Waals surface area contributed by atoms with Crippen LogP contribution in [0.4, 0.5) is 5.69 Å². The fourth-order valence-corrected chi connectivity index (χ4v) is 0.812. The minimum Gasteiger partial charge on any atom is -0.478 e. The molecule has 15 heavy (non-hydrogen) atoms. The summed E-state index contributed by atoms with van der Waals surface area (Å²) in [6.45, 7) is 0. The molecule has 0 fully saturated rings. The summed E-state index contributed by atoms with van der Waals surface area (Å²) in [6.07, 6.45) is 0. The molecule has 0 aromatic heterocycles. The molecule has 1 rings (SSSR count). The van der Waals surface area contributed by atoms with Crippen LogP contribution in [0.15, 0.2) is 34.6 Å². The van der Waals surface area contributed by atoms with Crippen molar-refractivity contribution in [3.05, 3.63) is 29.8 Å². The molecule has 0 radical (unpaired) electrons. The van der Waals surface area contributed by atoms with Gasteiger partial charge in [0.15, 0.2) is 0 Å². The second-order valence-corrected chi connectivity index (χ2v) is 2.89. The number of aromatic carboxylic acids is 1. The quantitative estimate of drug-likeness (QED) is 0.398. The van der Waals surface area contributed by atoms with Crippen molar-refractivity contribution >= 4 is 11.7 Å². The smallest absolute Gasteiger partial charge is 0.478 e.